The zero-order chi connectivity index (χ0) is 13.8. The Labute approximate surface area is 115 Å². The number of nitrogens with one attached hydrogen (secondary N) is 2. The highest BCUT2D eigenvalue weighted by Crippen LogP contribution is 2.21. The predicted octanol–water partition coefficient (Wildman–Crippen LogP) is 2.01. The summed E-state index contributed by atoms with van der Waals surface area (Å²) < 4.78 is 0. The van der Waals surface area contributed by atoms with E-state index in [-0.39, 0.29) is 5.91 Å². The highest BCUT2D eigenvalue weighted by atomic mass is 32.1. The number of nitrogens with zero attached hydrogens (tertiary/aromatic N) is 1. The number of rotatable bonds is 4. The number of amides is 1. The van der Waals surface area contributed by atoms with Crippen LogP contribution in [0.3, 0.4) is 0 Å². The van der Waals surface area contributed by atoms with Crippen molar-refractivity contribution in [2.75, 3.05) is 18.1 Å². The lowest BCUT2D eigenvalue weighted by Gasteiger charge is -2.11. The summed E-state index contributed by atoms with van der Waals surface area (Å²) in [6.45, 7) is 2.59. The van der Waals surface area contributed by atoms with Gasteiger partial charge in [-0.25, -0.2) is 4.98 Å². The van der Waals surface area contributed by atoms with E-state index in [9.17, 15) is 4.79 Å². The standard InChI is InChI=1S/C13H16N4OS/c1-8-6-17-12(19-8)7-16-11-5-9(14)3-4-10(11)13(18)15-2/h3-6,16H,7,14H2,1-2H3,(H,15,18). The molecule has 1 amide bonds. The molecule has 0 atom stereocenters. The topological polar surface area (TPSA) is 80.0 Å². The SMILES string of the molecule is CNC(=O)c1ccc(N)cc1NCc1ncc(C)s1. The molecule has 1 aromatic heterocycles. The maximum atomic E-state index is 11.8. The molecule has 0 aliphatic rings. The van der Waals surface area contributed by atoms with Crippen molar-refractivity contribution < 1.29 is 4.79 Å². The smallest absolute Gasteiger partial charge is 0.253 e. The Morgan fingerprint density at radius 2 is 2.26 bits per heavy atom. The third-order valence-corrected chi connectivity index (χ3v) is 3.53. The molecule has 0 saturated heterocycles. The van der Waals surface area contributed by atoms with Crippen molar-refractivity contribution in [1.82, 2.24) is 10.3 Å². The molecule has 0 aliphatic heterocycles. The summed E-state index contributed by atoms with van der Waals surface area (Å²) >= 11 is 1.63. The first-order valence-corrected chi connectivity index (χ1v) is 6.68. The molecule has 0 bridgehead atoms. The maximum Gasteiger partial charge on any atom is 0.253 e. The van der Waals surface area contributed by atoms with E-state index in [0.29, 0.717) is 23.5 Å². The first kappa shape index (κ1) is 13.4. The Morgan fingerprint density at radius 3 is 2.89 bits per heavy atom. The van der Waals surface area contributed by atoms with Gasteiger partial charge in [0.05, 0.1) is 12.1 Å². The second kappa shape index (κ2) is 5.71. The van der Waals surface area contributed by atoms with Crippen LogP contribution in [0.5, 0.6) is 0 Å². The molecule has 0 radical (unpaired) electrons. The lowest BCUT2D eigenvalue weighted by molar-refractivity contribution is 0.0964. The minimum Gasteiger partial charge on any atom is -0.399 e. The summed E-state index contributed by atoms with van der Waals surface area (Å²) in [7, 11) is 1.60. The Balaban J connectivity index is 2.18. The molecule has 6 heteroatoms. The van der Waals surface area contributed by atoms with Crippen LogP contribution in [-0.2, 0) is 6.54 Å². The molecular formula is C13H16N4OS. The van der Waals surface area contributed by atoms with Gasteiger partial charge in [-0.2, -0.15) is 0 Å². The number of hydrogen-bond acceptors (Lipinski definition) is 5. The molecule has 0 unspecified atom stereocenters. The molecule has 2 aromatic rings. The van der Waals surface area contributed by atoms with Gasteiger partial charge in [0.25, 0.3) is 5.91 Å². The van der Waals surface area contributed by atoms with Gasteiger partial charge in [-0.15, -0.1) is 11.3 Å². The normalized spacial score (nSPS) is 10.2. The number of thiazole rings is 1. The largest absolute Gasteiger partial charge is 0.399 e. The summed E-state index contributed by atoms with van der Waals surface area (Å²) in [5, 5.41) is 6.79. The summed E-state index contributed by atoms with van der Waals surface area (Å²) in [6.07, 6.45) is 1.83. The van der Waals surface area contributed by atoms with Crippen LogP contribution in [-0.4, -0.2) is 17.9 Å². The van der Waals surface area contributed by atoms with Crippen LogP contribution in [0, 0.1) is 6.92 Å². The lowest BCUT2D eigenvalue weighted by atomic mass is 10.1. The van der Waals surface area contributed by atoms with Crippen molar-refractivity contribution in [2.45, 2.75) is 13.5 Å². The number of aromatic nitrogens is 1. The summed E-state index contributed by atoms with van der Waals surface area (Å²) in [5.74, 6) is -0.141. The number of nitrogens with two attached hydrogens (primary N) is 1. The Hall–Kier alpha value is -2.08. The lowest BCUT2D eigenvalue weighted by Crippen LogP contribution is -2.19. The van der Waals surface area contributed by atoms with Gasteiger partial charge >= 0.3 is 0 Å². The minimum absolute atomic E-state index is 0.141. The Morgan fingerprint density at radius 1 is 1.47 bits per heavy atom. The monoisotopic (exact) mass is 276 g/mol. The molecule has 100 valence electrons. The number of benzene rings is 1. The van der Waals surface area contributed by atoms with Crippen molar-refractivity contribution >= 4 is 28.6 Å². The van der Waals surface area contributed by atoms with Gasteiger partial charge in [0.1, 0.15) is 5.01 Å². The molecule has 19 heavy (non-hydrogen) atoms. The van der Waals surface area contributed by atoms with Gasteiger partial charge in [-0.1, -0.05) is 0 Å². The van der Waals surface area contributed by atoms with Gasteiger partial charge in [-0.3, -0.25) is 4.79 Å². The number of anilines is 2. The molecule has 1 aromatic carbocycles. The average molecular weight is 276 g/mol. The summed E-state index contributed by atoms with van der Waals surface area (Å²) in [6, 6.07) is 5.18. The number of aryl methyl sites for hydroxylation is 1. The molecular weight excluding hydrogens is 260 g/mol. The van der Waals surface area contributed by atoms with Crippen LogP contribution in [0.1, 0.15) is 20.2 Å². The molecule has 0 fully saturated rings. The van der Waals surface area contributed by atoms with Crippen molar-refractivity contribution in [3.05, 3.63) is 39.8 Å². The van der Waals surface area contributed by atoms with Crippen molar-refractivity contribution in [2.24, 2.45) is 0 Å². The quantitative estimate of drug-likeness (QED) is 0.746. The fourth-order valence-electron chi connectivity index (χ4n) is 1.69. The van der Waals surface area contributed by atoms with Crippen molar-refractivity contribution in [1.29, 1.82) is 0 Å². The molecule has 4 N–H and O–H groups in total. The van der Waals surface area contributed by atoms with E-state index in [1.165, 1.54) is 0 Å². The maximum absolute atomic E-state index is 11.8. The van der Waals surface area contributed by atoms with Crippen LogP contribution in [0.4, 0.5) is 11.4 Å². The van der Waals surface area contributed by atoms with Crippen LogP contribution in [0.15, 0.2) is 24.4 Å². The van der Waals surface area contributed by atoms with Gasteiger partial charge < -0.3 is 16.4 Å². The second-order valence-corrected chi connectivity index (χ2v) is 5.42. The number of carbonyl (C=O) groups excluding carboxylic acids is 1. The van der Waals surface area contributed by atoms with Crippen LogP contribution < -0.4 is 16.4 Å². The zero-order valence-corrected chi connectivity index (χ0v) is 11.7. The van der Waals surface area contributed by atoms with Crippen molar-refractivity contribution in [3.63, 3.8) is 0 Å². The van der Waals surface area contributed by atoms with Gasteiger partial charge in [0, 0.05) is 29.5 Å². The molecule has 0 saturated carbocycles. The first-order valence-electron chi connectivity index (χ1n) is 5.87. The molecule has 1 heterocycles. The third-order valence-electron chi connectivity index (χ3n) is 2.61. The Kier molecular flexibility index (Phi) is 4.01. The van der Waals surface area contributed by atoms with Gasteiger partial charge in [0.15, 0.2) is 0 Å². The molecule has 2 rings (SSSR count). The third kappa shape index (κ3) is 3.23. The number of nitrogen functional groups attached to an aromatic ring is 1. The fraction of sp³-hybridized carbons (Fsp3) is 0.231. The van der Waals surface area contributed by atoms with Crippen LogP contribution in [0.25, 0.3) is 0 Å². The minimum atomic E-state index is -0.141. The highest BCUT2D eigenvalue weighted by Gasteiger charge is 2.10. The van der Waals surface area contributed by atoms with Gasteiger partial charge in [-0.05, 0) is 25.1 Å². The van der Waals surface area contributed by atoms with E-state index in [0.717, 1.165) is 9.88 Å². The van der Waals surface area contributed by atoms with E-state index in [1.54, 1.807) is 36.6 Å². The first-order chi connectivity index (χ1) is 9.10. The van der Waals surface area contributed by atoms with Crippen LogP contribution >= 0.6 is 11.3 Å². The van der Waals surface area contributed by atoms with E-state index >= 15 is 0 Å². The zero-order valence-electron chi connectivity index (χ0n) is 10.9. The summed E-state index contributed by atoms with van der Waals surface area (Å²) in [5.41, 5.74) is 7.66. The van der Waals surface area contributed by atoms with E-state index in [2.05, 4.69) is 15.6 Å². The van der Waals surface area contributed by atoms with Gasteiger partial charge in [0.2, 0.25) is 0 Å². The average Bonchev–Trinajstić information content (AvgIpc) is 2.81. The number of hydrogen-bond donors (Lipinski definition) is 3. The molecule has 0 spiro atoms. The van der Waals surface area contributed by atoms with Crippen LogP contribution in [0.2, 0.25) is 0 Å². The van der Waals surface area contributed by atoms with E-state index in [1.807, 2.05) is 13.1 Å². The predicted molar refractivity (Wildman–Crippen MR) is 78.4 cm³/mol. The van der Waals surface area contributed by atoms with E-state index in [4.69, 9.17) is 5.73 Å². The van der Waals surface area contributed by atoms with Crippen molar-refractivity contribution in [3.8, 4) is 0 Å². The van der Waals surface area contributed by atoms with E-state index < -0.39 is 0 Å². The fourth-order valence-corrected chi connectivity index (χ4v) is 2.42. The Bertz CT molecular complexity index is 594. The molecule has 0 aliphatic carbocycles. The second-order valence-electron chi connectivity index (χ2n) is 4.10. The molecule has 5 nitrogen and oxygen atoms in total. The summed E-state index contributed by atoms with van der Waals surface area (Å²) in [4.78, 5) is 17.2. The number of carbonyl (C=O) groups is 1. The highest BCUT2D eigenvalue weighted by molar-refractivity contribution is 7.11.